The number of ether oxygens (including phenoxy) is 1. The Balaban J connectivity index is 3.57. The number of hydrogen-bond donors (Lipinski definition) is 0. The van der Waals surface area contributed by atoms with Gasteiger partial charge in [-0.05, 0) is 0 Å². The molecule has 76 valence electrons. The Morgan fingerprint density at radius 1 is 1.31 bits per heavy atom. The lowest BCUT2D eigenvalue weighted by Crippen LogP contribution is -2.24. The molecule has 0 aliphatic heterocycles. The number of amides is 1. The third kappa shape index (κ3) is 5.22. The number of esters is 1. The van der Waals surface area contributed by atoms with Crippen molar-refractivity contribution < 1.29 is 14.3 Å². The molecule has 0 bridgehead atoms. The molecule has 0 rings (SSSR count). The quantitative estimate of drug-likeness (QED) is 0.607. The fourth-order valence-corrected chi connectivity index (χ4v) is 0.629. The number of rotatable bonds is 4. The molecule has 0 spiro atoms. The third-order valence-electron chi connectivity index (χ3n) is 1.53. The minimum atomic E-state index is -0.258. The van der Waals surface area contributed by atoms with E-state index in [1.165, 1.54) is 4.90 Å². The van der Waals surface area contributed by atoms with Gasteiger partial charge in [0.25, 0.3) is 0 Å². The first-order valence-electron chi connectivity index (χ1n) is 4.32. The Hall–Kier alpha value is -1.06. The van der Waals surface area contributed by atoms with E-state index >= 15 is 0 Å². The van der Waals surface area contributed by atoms with Crippen molar-refractivity contribution in [2.75, 3.05) is 20.7 Å². The molecule has 4 heteroatoms. The molecule has 13 heavy (non-hydrogen) atoms. The second-order valence-corrected chi connectivity index (χ2v) is 3.36. The molecule has 0 radical (unpaired) electrons. The van der Waals surface area contributed by atoms with Gasteiger partial charge in [-0.3, -0.25) is 9.59 Å². The first-order valence-corrected chi connectivity index (χ1v) is 4.32. The van der Waals surface area contributed by atoms with Gasteiger partial charge in [-0.25, -0.2) is 0 Å². The fourth-order valence-electron chi connectivity index (χ4n) is 0.629. The zero-order valence-electron chi connectivity index (χ0n) is 8.66. The third-order valence-corrected chi connectivity index (χ3v) is 1.53. The molecule has 0 saturated heterocycles. The molecular weight excluding hydrogens is 170 g/mol. The molecule has 0 aromatic heterocycles. The Bertz CT molecular complexity index is 167. The van der Waals surface area contributed by atoms with Crippen molar-refractivity contribution in [3.63, 3.8) is 0 Å². The van der Waals surface area contributed by atoms with Gasteiger partial charge in [0.05, 0.1) is 12.3 Å². The molecule has 0 N–H and O–H groups in total. The van der Waals surface area contributed by atoms with Crippen LogP contribution in [0.15, 0.2) is 0 Å². The summed E-state index contributed by atoms with van der Waals surface area (Å²) in [4.78, 5) is 23.5. The van der Waals surface area contributed by atoms with E-state index < -0.39 is 0 Å². The van der Waals surface area contributed by atoms with E-state index in [0.29, 0.717) is 0 Å². The number of nitrogens with zero attached hydrogens (tertiary/aromatic N) is 1. The smallest absolute Gasteiger partial charge is 0.308 e. The number of carbonyl (C=O) groups excluding carboxylic acids is 2. The fraction of sp³-hybridized carbons (Fsp3) is 0.778. The van der Waals surface area contributed by atoms with E-state index in [1.54, 1.807) is 27.9 Å². The van der Waals surface area contributed by atoms with Gasteiger partial charge in [-0.15, -0.1) is 0 Å². The summed E-state index contributed by atoms with van der Waals surface area (Å²) in [6.45, 7) is 3.69. The minimum absolute atomic E-state index is 0.0310. The van der Waals surface area contributed by atoms with Crippen LogP contribution < -0.4 is 0 Å². The van der Waals surface area contributed by atoms with Crippen LogP contribution in [0, 0.1) is 5.92 Å². The van der Waals surface area contributed by atoms with Gasteiger partial charge in [0.2, 0.25) is 5.91 Å². The minimum Gasteiger partial charge on any atom is -0.465 e. The largest absolute Gasteiger partial charge is 0.465 e. The average molecular weight is 187 g/mol. The van der Waals surface area contributed by atoms with Gasteiger partial charge >= 0.3 is 5.97 Å². The molecule has 0 aliphatic rings. The van der Waals surface area contributed by atoms with Crippen LogP contribution in [0.2, 0.25) is 0 Å². The normalized spacial score (nSPS) is 9.92. The maximum atomic E-state index is 11.0. The Morgan fingerprint density at radius 2 is 1.85 bits per heavy atom. The molecule has 4 nitrogen and oxygen atoms in total. The Morgan fingerprint density at radius 3 is 2.23 bits per heavy atom. The van der Waals surface area contributed by atoms with Crippen molar-refractivity contribution >= 4 is 11.9 Å². The van der Waals surface area contributed by atoms with Crippen molar-refractivity contribution in [3.05, 3.63) is 0 Å². The summed E-state index contributed by atoms with van der Waals surface area (Å²) in [5.41, 5.74) is 0. The van der Waals surface area contributed by atoms with Crippen LogP contribution in [-0.2, 0) is 14.3 Å². The van der Waals surface area contributed by atoms with Gasteiger partial charge in [0.1, 0.15) is 6.61 Å². The monoisotopic (exact) mass is 187 g/mol. The summed E-state index contributed by atoms with van der Waals surface area (Å²) < 4.78 is 4.84. The standard InChI is InChI=1S/C9H17NO3/c1-7(2)9(12)13-6-5-8(11)10(3)4/h7H,5-6H2,1-4H3. The molecule has 0 unspecified atom stereocenters. The average Bonchev–Trinajstić information content (AvgIpc) is 2.03. The van der Waals surface area contributed by atoms with Crippen LogP contribution in [0.1, 0.15) is 20.3 Å². The van der Waals surface area contributed by atoms with E-state index in [9.17, 15) is 9.59 Å². The van der Waals surface area contributed by atoms with Crippen LogP contribution in [0.25, 0.3) is 0 Å². The molecular formula is C9H17NO3. The lowest BCUT2D eigenvalue weighted by Gasteiger charge is -2.10. The first-order chi connectivity index (χ1) is 5.95. The summed E-state index contributed by atoms with van der Waals surface area (Å²) >= 11 is 0. The van der Waals surface area contributed by atoms with Crippen molar-refractivity contribution in [3.8, 4) is 0 Å². The summed E-state index contributed by atoms with van der Waals surface area (Å²) in [5, 5.41) is 0. The zero-order valence-corrected chi connectivity index (χ0v) is 8.66. The van der Waals surface area contributed by atoms with Gasteiger partial charge < -0.3 is 9.64 Å². The number of hydrogen-bond acceptors (Lipinski definition) is 3. The zero-order chi connectivity index (χ0) is 10.4. The van der Waals surface area contributed by atoms with Gasteiger partial charge in [0.15, 0.2) is 0 Å². The summed E-state index contributed by atoms with van der Waals surface area (Å²) in [5.74, 6) is -0.419. The number of carbonyl (C=O) groups is 2. The molecule has 0 saturated carbocycles. The second kappa shape index (κ2) is 5.56. The highest BCUT2D eigenvalue weighted by atomic mass is 16.5. The van der Waals surface area contributed by atoms with Crippen molar-refractivity contribution in [1.29, 1.82) is 0 Å². The molecule has 0 aromatic carbocycles. The van der Waals surface area contributed by atoms with Crippen LogP contribution in [0.5, 0.6) is 0 Å². The molecule has 0 atom stereocenters. The van der Waals surface area contributed by atoms with Gasteiger partial charge in [-0.1, -0.05) is 13.8 Å². The SMILES string of the molecule is CC(C)C(=O)OCCC(=O)N(C)C. The van der Waals surface area contributed by atoms with Crippen LogP contribution in [0.4, 0.5) is 0 Å². The summed E-state index contributed by atoms with van der Waals surface area (Å²) in [7, 11) is 3.35. The molecule has 0 fully saturated rings. The maximum Gasteiger partial charge on any atom is 0.308 e. The molecule has 0 heterocycles. The van der Waals surface area contributed by atoms with Gasteiger partial charge in [0, 0.05) is 14.1 Å². The van der Waals surface area contributed by atoms with E-state index in [4.69, 9.17) is 4.74 Å². The van der Waals surface area contributed by atoms with Crippen LogP contribution in [-0.4, -0.2) is 37.5 Å². The topological polar surface area (TPSA) is 46.6 Å². The van der Waals surface area contributed by atoms with Gasteiger partial charge in [-0.2, -0.15) is 0 Å². The predicted molar refractivity (Wildman–Crippen MR) is 49.1 cm³/mol. The summed E-state index contributed by atoms with van der Waals surface area (Å²) in [6, 6.07) is 0. The van der Waals surface area contributed by atoms with Crippen molar-refractivity contribution in [2.45, 2.75) is 20.3 Å². The lowest BCUT2D eigenvalue weighted by molar-refractivity contribution is -0.148. The Labute approximate surface area is 78.9 Å². The highest BCUT2D eigenvalue weighted by Crippen LogP contribution is 1.97. The van der Waals surface area contributed by atoms with E-state index in [1.807, 2.05) is 0 Å². The van der Waals surface area contributed by atoms with Crippen LogP contribution >= 0.6 is 0 Å². The summed E-state index contributed by atoms with van der Waals surface area (Å²) in [6.07, 6.45) is 0.255. The highest BCUT2D eigenvalue weighted by molar-refractivity contribution is 5.76. The second-order valence-electron chi connectivity index (χ2n) is 3.36. The first kappa shape index (κ1) is 11.9. The predicted octanol–water partition coefficient (Wildman–Crippen LogP) is 0.664. The van der Waals surface area contributed by atoms with Crippen molar-refractivity contribution in [2.24, 2.45) is 5.92 Å². The highest BCUT2D eigenvalue weighted by Gasteiger charge is 2.09. The molecule has 1 amide bonds. The Kier molecular flexibility index (Phi) is 5.11. The maximum absolute atomic E-state index is 11.0. The van der Waals surface area contributed by atoms with Crippen molar-refractivity contribution in [1.82, 2.24) is 4.90 Å². The van der Waals surface area contributed by atoms with E-state index in [0.717, 1.165) is 0 Å². The van der Waals surface area contributed by atoms with Crippen LogP contribution in [0.3, 0.4) is 0 Å². The molecule has 0 aliphatic carbocycles. The van der Waals surface area contributed by atoms with E-state index in [2.05, 4.69) is 0 Å². The lowest BCUT2D eigenvalue weighted by atomic mass is 10.2. The van der Waals surface area contributed by atoms with E-state index in [-0.39, 0.29) is 30.8 Å². The molecule has 0 aromatic rings.